The van der Waals surface area contributed by atoms with Gasteiger partial charge in [0.25, 0.3) is 0 Å². The van der Waals surface area contributed by atoms with Crippen LogP contribution in [-0.4, -0.2) is 50.4 Å². The zero-order valence-electron chi connectivity index (χ0n) is 25.6. The maximum atomic E-state index is 12.4. The van der Waals surface area contributed by atoms with Crippen LogP contribution in [0.5, 0.6) is 0 Å². The van der Waals surface area contributed by atoms with Crippen molar-refractivity contribution < 1.29 is 24.9 Å². The van der Waals surface area contributed by atoms with Gasteiger partial charge in [0.15, 0.2) is 0 Å². The first-order chi connectivity index (χ1) is 22.8. The van der Waals surface area contributed by atoms with Gasteiger partial charge in [0.05, 0.1) is 53.7 Å². The summed E-state index contributed by atoms with van der Waals surface area (Å²) in [6.45, 7) is -0.369. The fourth-order valence-electron chi connectivity index (χ4n) is 5.04. The SMILES string of the molecule is N#Cc1ccc([C@@H](N)CO)nc1.N#Cc1ccc([C@H](CO)NC(=O)[C@H]2C[C@@H]2c2ccccc2)nc1.O=C(O)[C@H]1C[C@@H]1c1ccccc1. The number of carboxylic acid groups (broad SMARTS) is 1. The molecular weight excluding hydrogens is 596 g/mol. The Morgan fingerprint density at radius 3 is 1.66 bits per heavy atom. The molecular formula is C36H36N6O5. The van der Waals surface area contributed by atoms with E-state index in [0.717, 1.165) is 18.4 Å². The number of rotatable bonds is 9. The zero-order chi connectivity index (χ0) is 33.8. The van der Waals surface area contributed by atoms with Crippen LogP contribution in [0.2, 0.25) is 0 Å². The number of carbonyl (C=O) groups is 2. The van der Waals surface area contributed by atoms with E-state index in [1.165, 1.54) is 18.0 Å². The monoisotopic (exact) mass is 632 g/mol. The minimum absolute atomic E-state index is 0.0511. The Hall–Kier alpha value is -5.46. The largest absolute Gasteiger partial charge is 0.481 e. The second-order valence-corrected chi connectivity index (χ2v) is 11.3. The first-order valence-corrected chi connectivity index (χ1v) is 15.1. The van der Waals surface area contributed by atoms with Crippen LogP contribution in [0.3, 0.4) is 0 Å². The molecule has 2 heterocycles. The van der Waals surface area contributed by atoms with Crippen molar-refractivity contribution in [3.05, 3.63) is 131 Å². The zero-order valence-corrected chi connectivity index (χ0v) is 25.6. The second-order valence-electron chi connectivity index (χ2n) is 11.3. The predicted molar refractivity (Wildman–Crippen MR) is 172 cm³/mol. The van der Waals surface area contributed by atoms with Crippen LogP contribution >= 0.6 is 0 Å². The average Bonchev–Trinajstić information content (AvgIpc) is 4.06. The summed E-state index contributed by atoms with van der Waals surface area (Å²) in [7, 11) is 0. The number of hydrogen-bond acceptors (Lipinski definition) is 9. The summed E-state index contributed by atoms with van der Waals surface area (Å²) >= 11 is 0. The minimum Gasteiger partial charge on any atom is -0.481 e. The van der Waals surface area contributed by atoms with Gasteiger partial charge in [0.1, 0.15) is 12.1 Å². The van der Waals surface area contributed by atoms with Crippen molar-refractivity contribution in [2.24, 2.45) is 17.6 Å². The van der Waals surface area contributed by atoms with Gasteiger partial charge >= 0.3 is 5.97 Å². The van der Waals surface area contributed by atoms with Crippen LogP contribution in [0.25, 0.3) is 0 Å². The van der Waals surface area contributed by atoms with Crippen LogP contribution in [0.4, 0.5) is 0 Å². The van der Waals surface area contributed by atoms with Crippen LogP contribution in [0.15, 0.2) is 97.3 Å². The number of benzene rings is 2. The maximum Gasteiger partial charge on any atom is 0.307 e. The maximum absolute atomic E-state index is 12.4. The molecule has 2 aliphatic carbocycles. The topological polar surface area (TPSA) is 206 Å². The molecule has 6 atom stereocenters. The summed E-state index contributed by atoms with van der Waals surface area (Å²) in [5.41, 5.74) is 9.90. The highest BCUT2D eigenvalue weighted by Gasteiger charge is 2.45. The number of carbonyl (C=O) groups excluding carboxylic acids is 1. The first kappa shape index (κ1) is 34.4. The summed E-state index contributed by atoms with van der Waals surface area (Å²) in [5.74, 6) is -0.390. The van der Waals surface area contributed by atoms with Crippen molar-refractivity contribution in [1.29, 1.82) is 10.5 Å². The van der Waals surface area contributed by atoms with Crippen LogP contribution in [0, 0.1) is 34.5 Å². The standard InChI is InChI=1S/C18H17N3O2.C10H10O2.C8H9N3O/c19-9-12-6-7-16(20-10-12)17(11-22)21-18(23)15-8-14(15)13-4-2-1-3-5-13;11-10(12)9-6-8(9)7-4-2-1-3-5-7;9-3-6-1-2-8(11-4-6)7(10)5-12/h1-7,10,14-15,17,22H,8,11H2,(H,21,23);1-5,8-9H,6H2,(H,11,12);1-2,4,7,12H,5,10H2/t14-,15+,17+;8-,9+;7-/m110/s1. The van der Waals surface area contributed by atoms with Crippen molar-refractivity contribution in [3.8, 4) is 12.1 Å². The number of aliphatic hydroxyl groups excluding tert-OH is 2. The van der Waals surface area contributed by atoms with Crippen molar-refractivity contribution in [1.82, 2.24) is 15.3 Å². The quantitative estimate of drug-likeness (QED) is 0.181. The molecule has 2 saturated carbocycles. The Balaban J connectivity index is 0.000000176. The summed E-state index contributed by atoms with van der Waals surface area (Å²) in [5, 5.41) is 47.0. The van der Waals surface area contributed by atoms with E-state index in [1.54, 1.807) is 24.3 Å². The first-order valence-electron chi connectivity index (χ1n) is 15.1. The van der Waals surface area contributed by atoms with Crippen LogP contribution in [-0.2, 0) is 9.59 Å². The van der Waals surface area contributed by atoms with E-state index >= 15 is 0 Å². The summed E-state index contributed by atoms with van der Waals surface area (Å²) in [4.78, 5) is 30.9. The van der Waals surface area contributed by atoms with E-state index < -0.39 is 18.1 Å². The van der Waals surface area contributed by atoms with E-state index in [1.807, 2.05) is 72.8 Å². The van der Waals surface area contributed by atoms with E-state index in [9.17, 15) is 14.7 Å². The number of aromatic nitrogens is 2. The number of hydrogen-bond donors (Lipinski definition) is 5. The molecule has 11 heteroatoms. The van der Waals surface area contributed by atoms with Crippen molar-refractivity contribution in [2.45, 2.75) is 36.8 Å². The lowest BCUT2D eigenvalue weighted by Crippen LogP contribution is -2.32. The van der Waals surface area contributed by atoms with E-state index in [-0.39, 0.29) is 42.8 Å². The number of nitriles is 2. The van der Waals surface area contributed by atoms with Gasteiger partial charge in [-0.3, -0.25) is 19.6 Å². The number of amides is 1. The molecule has 1 amide bonds. The molecule has 2 aliphatic rings. The molecule has 0 bridgehead atoms. The smallest absolute Gasteiger partial charge is 0.307 e. The second kappa shape index (κ2) is 16.7. The molecule has 0 saturated heterocycles. The lowest BCUT2D eigenvalue weighted by Gasteiger charge is -2.16. The van der Waals surface area contributed by atoms with Gasteiger partial charge in [-0.15, -0.1) is 0 Å². The molecule has 11 nitrogen and oxygen atoms in total. The van der Waals surface area contributed by atoms with Crippen molar-refractivity contribution in [3.63, 3.8) is 0 Å². The Kier molecular flexibility index (Phi) is 12.3. The molecule has 240 valence electrons. The fraction of sp³-hybridized carbons (Fsp3) is 0.278. The molecule has 4 aromatic rings. The Morgan fingerprint density at radius 1 is 0.766 bits per heavy atom. The van der Waals surface area contributed by atoms with Gasteiger partial charge < -0.3 is 26.4 Å². The summed E-state index contributed by atoms with van der Waals surface area (Å²) in [6.07, 6.45) is 4.51. The number of nitrogens with one attached hydrogen (secondary N) is 1. The normalized spacial score (nSPS) is 19.9. The van der Waals surface area contributed by atoms with Crippen molar-refractivity contribution in [2.75, 3.05) is 13.2 Å². The van der Waals surface area contributed by atoms with E-state index in [2.05, 4.69) is 15.3 Å². The van der Waals surface area contributed by atoms with Gasteiger partial charge in [0.2, 0.25) is 5.91 Å². The highest BCUT2D eigenvalue weighted by Crippen LogP contribution is 2.48. The minimum atomic E-state index is -0.663. The number of nitrogens with two attached hydrogens (primary N) is 1. The molecule has 6 N–H and O–H groups in total. The highest BCUT2D eigenvalue weighted by atomic mass is 16.4. The fourth-order valence-corrected chi connectivity index (χ4v) is 5.04. The Labute approximate surface area is 273 Å². The molecule has 0 aliphatic heterocycles. The van der Waals surface area contributed by atoms with Gasteiger partial charge in [-0.25, -0.2) is 0 Å². The summed E-state index contributed by atoms with van der Waals surface area (Å²) < 4.78 is 0. The molecule has 2 aromatic carbocycles. The molecule has 0 radical (unpaired) electrons. The average molecular weight is 633 g/mol. The third kappa shape index (κ3) is 9.76. The molecule has 2 aromatic heterocycles. The van der Waals surface area contributed by atoms with E-state index in [0.29, 0.717) is 22.5 Å². The van der Waals surface area contributed by atoms with Gasteiger partial charge in [-0.05, 0) is 60.1 Å². The number of aliphatic hydroxyl groups is 2. The van der Waals surface area contributed by atoms with Crippen molar-refractivity contribution >= 4 is 11.9 Å². The van der Waals surface area contributed by atoms with Gasteiger partial charge in [-0.2, -0.15) is 10.5 Å². The Bertz CT molecular complexity index is 1690. The molecule has 0 unspecified atom stereocenters. The third-order valence-corrected chi connectivity index (χ3v) is 7.95. The molecule has 6 rings (SSSR count). The van der Waals surface area contributed by atoms with Crippen LogP contribution in [0.1, 0.15) is 70.4 Å². The number of nitrogens with zero attached hydrogens (tertiary/aromatic N) is 4. The van der Waals surface area contributed by atoms with Gasteiger partial charge in [-0.1, -0.05) is 60.7 Å². The molecule has 2 fully saturated rings. The van der Waals surface area contributed by atoms with Gasteiger partial charge in [0, 0.05) is 18.3 Å². The van der Waals surface area contributed by atoms with E-state index in [4.69, 9.17) is 26.5 Å². The molecule has 47 heavy (non-hydrogen) atoms. The predicted octanol–water partition coefficient (Wildman–Crippen LogP) is 3.73. The lowest BCUT2D eigenvalue weighted by atomic mass is 10.1. The van der Waals surface area contributed by atoms with Crippen LogP contribution < -0.4 is 11.1 Å². The summed E-state index contributed by atoms with van der Waals surface area (Å²) in [6, 6.07) is 29.3. The Morgan fingerprint density at radius 2 is 1.26 bits per heavy atom. The number of pyridine rings is 2. The number of carboxylic acids is 1. The molecule has 0 spiro atoms. The lowest BCUT2D eigenvalue weighted by molar-refractivity contribution is -0.138. The third-order valence-electron chi connectivity index (χ3n) is 7.95. The highest BCUT2D eigenvalue weighted by molar-refractivity contribution is 5.83. The number of aliphatic carboxylic acids is 1.